The summed E-state index contributed by atoms with van der Waals surface area (Å²) in [5, 5.41) is 25.3. The number of amides is 1. The van der Waals surface area contributed by atoms with Gasteiger partial charge >= 0.3 is 5.97 Å². The number of hydrazone groups is 1. The summed E-state index contributed by atoms with van der Waals surface area (Å²) < 4.78 is 0. The maximum absolute atomic E-state index is 13.3. The molecule has 36 heavy (non-hydrogen) atoms. The number of rotatable bonds is 9. The number of carbonyl (C=O) groups is 2. The molecule has 0 bridgehead atoms. The third-order valence-corrected chi connectivity index (χ3v) is 7.21. The van der Waals surface area contributed by atoms with Crippen LogP contribution in [0.1, 0.15) is 29.0 Å². The van der Waals surface area contributed by atoms with E-state index in [1.54, 1.807) is 26.0 Å². The van der Waals surface area contributed by atoms with Crippen LogP contribution < -0.4 is 16.2 Å². The molecule has 0 aliphatic rings. The van der Waals surface area contributed by atoms with Crippen molar-refractivity contribution >= 4 is 56.2 Å². The molecule has 0 saturated heterocycles. The average Bonchev–Trinajstić information content (AvgIpc) is 3.50. The van der Waals surface area contributed by atoms with Crippen molar-refractivity contribution in [3.05, 3.63) is 82.2 Å². The third-order valence-electron chi connectivity index (χ3n) is 5.21. The number of carbonyl (C=O) groups excluding carboxylic acids is 1. The van der Waals surface area contributed by atoms with E-state index in [2.05, 4.69) is 25.8 Å². The Labute approximate surface area is 215 Å². The SMILES string of the molecule is Cc1nc(N/N=C(/C(=[NH2+])c2ccccc2)C(=O)Nc2nc(-c3ccccc3)cs2)sc1C(C)C(=O)O. The van der Waals surface area contributed by atoms with Crippen LogP contribution in [0.4, 0.5) is 10.3 Å². The molecule has 4 rings (SSSR count). The number of hydrogen-bond acceptors (Lipinski definition) is 8. The van der Waals surface area contributed by atoms with Gasteiger partial charge in [-0.3, -0.25) is 25.7 Å². The summed E-state index contributed by atoms with van der Waals surface area (Å²) in [5.41, 5.74) is 5.75. The molecule has 4 aromatic rings. The number of carboxylic acid groups (broad SMARTS) is 1. The van der Waals surface area contributed by atoms with E-state index in [9.17, 15) is 14.7 Å². The number of benzene rings is 2. The number of aryl methyl sites for hydroxylation is 1. The molecule has 11 heteroatoms. The lowest BCUT2D eigenvalue weighted by Gasteiger charge is -2.05. The second-order valence-electron chi connectivity index (χ2n) is 7.74. The fourth-order valence-electron chi connectivity index (χ4n) is 3.29. The van der Waals surface area contributed by atoms with Crippen LogP contribution in [0.25, 0.3) is 11.3 Å². The van der Waals surface area contributed by atoms with Crippen molar-refractivity contribution in [3.63, 3.8) is 0 Å². The highest BCUT2D eigenvalue weighted by Crippen LogP contribution is 2.30. The van der Waals surface area contributed by atoms with Crippen molar-refractivity contribution in [2.45, 2.75) is 19.8 Å². The van der Waals surface area contributed by atoms with E-state index < -0.39 is 17.8 Å². The Bertz CT molecular complexity index is 1430. The van der Waals surface area contributed by atoms with Gasteiger partial charge in [0.2, 0.25) is 16.6 Å². The third kappa shape index (κ3) is 5.70. The average molecular weight is 520 g/mol. The van der Waals surface area contributed by atoms with Gasteiger partial charge in [-0.15, -0.1) is 11.3 Å². The smallest absolute Gasteiger partial charge is 0.311 e. The van der Waals surface area contributed by atoms with Gasteiger partial charge in [-0.2, -0.15) is 5.10 Å². The van der Waals surface area contributed by atoms with E-state index in [4.69, 9.17) is 5.41 Å². The zero-order chi connectivity index (χ0) is 25.7. The van der Waals surface area contributed by atoms with Crippen molar-refractivity contribution < 1.29 is 20.1 Å². The summed E-state index contributed by atoms with van der Waals surface area (Å²) in [5.74, 6) is -2.21. The Hall–Kier alpha value is -4.22. The lowest BCUT2D eigenvalue weighted by molar-refractivity contribution is -0.138. The topological polar surface area (TPSA) is 142 Å². The predicted octanol–water partition coefficient (Wildman–Crippen LogP) is 3.42. The number of thiazole rings is 2. The van der Waals surface area contributed by atoms with E-state index in [0.29, 0.717) is 26.4 Å². The Balaban J connectivity index is 1.60. The van der Waals surface area contributed by atoms with Gasteiger partial charge < -0.3 is 5.11 Å². The number of carboxylic acids is 1. The van der Waals surface area contributed by atoms with Crippen molar-refractivity contribution in [2.24, 2.45) is 5.10 Å². The maximum atomic E-state index is 13.3. The van der Waals surface area contributed by atoms with Gasteiger partial charge in [-0.1, -0.05) is 59.9 Å². The minimum atomic E-state index is -0.947. The molecule has 9 nitrogen and oxygen atoms in total. The fraction of sp³-hybridized carbons (Fsp3) is 0.120. The number of aliphatic carboxylic acids is 1. The molecule has 1 amide bonds. The molecule has 5 N–H and O–H groups in total. The molecule has 2 heterocycles. The quantitative estimate of drug-likeness (QED) is 0.197. The minimum absolute atomic E-state index is 0.0571. The number of nitrogens with zero attached hydrogens (tertiary/aromatic N) is 3. The summed E-state index contributed by atoms with van der Waals surface area (Å²) in [7, 11) is 0. The van der Waals surface area contributed by atoms with Crippen LogP contribution in [0.5, 0.6) is 0 Å². The number of nitrogens with two attached hydrogens (primary N) is 1. The van der Waals surface area contributed by atoms with E-state index in [0.717, 1.165) is 22.6 Å². The monoisotopic (exact) mass is 519 g/mol. The van der Waals surface area contributed by atoms with Crippen molar-refractivity contribution in [1.82, 2.24) is 9.97 Å². The molecule has 2 aromatic carbocycles. The Morgan fingerprint density at radius 3 is 2.36 bits per heavy atom. The standard InChI is InChI=1S/C25H22N6O3S2/c1-14(23(33)34)21-15(2)27-25(36-21)31-30-20(19(26)17-11-7-4-8-12-17)22(32)29-24-28-18(13-35-24)16-9-5-3-6-10-16/h3-14,26H,1-2H3,(H,27,31)(H,33,34)(H,28,29,32)/p+1/b26-19?,30-20-. The minimum Gasteiger partial charge on any atom is -0.481 e. The van der Waals surface area contributed by atoms with Gasteiger partial charge in [0.15, 0.2) is 5.13 Å². The molecule has 0 fully saturated rings. The summed E-state index contributed by atoms with van der Waals surface area (Å²) >= 11 is 2.45. The number of nitrogens with one attached hydrogen (secondary N) is 2. The zero-order valence-corrected chi connectivity index (χ0v) is 21.1. The van der Waals surface area contributed by atoms with Crippen LogP contribution in [0.2, 0.25) is 0 Å². The highest BCUT2D eigenvalue weighted by atomic mass is 32.1. The second kappa shape index (κ2) is 11.0. The molecular formula is C25H23N6O3S2+. The van der Waals surface area contributed by atoms with E-state index >= 15 is 0 Å². The van der Waals surface area contributed by atoms with Gasteiger partial charge in [0.1, 0.15) is 0 Å². The molecule has 1 atom stereocenters. The van der Waals surface area contributed by atoms with Crippen LogP contribution >= 0.6 is 22.7 Å². The molecule has 1 unspecified atom stereocenters. The van der Waals surface area contributed by atoms with Gasteiger partial charge in [0, 0.05) is 21.4 Å². The summed E-state index contributed by atoms with van der Waals surface area (Å²) in [6, 6.07) is 18.6. The van der Waals surface area contributed by atoms with Crippen LogP contribution in [0, 0.1) is 6.92 Å². The molecule has 0 aliphatic carbocycles. The number of hydrogen-bond donors (Lipinski definition) is 4. The first kappa shape index (κ1) is 24.9. The zero-order valence-electron chi connectivity index (χ0n) is 19.4. The first-order valence-corrected chi connectivity index (χ1v) is 12.6. The van der Waals surface area contributed by atoms with Gasteiger partial charge in [0.05, 0.1) is 17.3 Å². The predicted molar refractivity (Wildman–Crippen MR) is 143 cm³/mol. The van der Waals surface area contributed by atoms with E-state index in [1.807, 2.05) is 53.9 Å². The van der Waals surface area contributed by atoms with Crippen molar-refractivity contribution in [3.8, 4) is 11.3 Å². The van der Waals surface area contributed by atoms with Gasteiger partial charge in [0.25, 0.3) is 5.91 Å². The Morgan fingerprint density at radius 2 is 1.69 bits per heavy atom. The molecule has 182 valence electrons. The molecule has 0 radical (unpaired) electrons. The molecule has 2 aromatic heterocycles. The van der Waals surface area contributed by atoms with Gasteiger partial charge in [-0.25, -0.2) is 9.97 Å². The lowest BCUT2D eigenvalue weighted by atomic mass is 10.1. The Kier molecular flexibility index (Phi) is 7.62. The lowest BCUT2D eigenvalue weighted by Crippen LogP contribution is -2.49. The van der Waals surface area contributed by atoms with Crippen molar-refractivity contribution in [1.29, 1.82) is 0 Å². The number of anilines is 2. The molecule has 0 saturated carbocycles. The van der Waals surface area contributed by atoms with Crippen LogP contribution in [-0.4, -0.2) is 38.4 Å². The van der Waals surface area contributed by atoms with E-state index in [-0.39, 0.29) is 11.4 Å². The fourth-order valence-corrected chi connectivity index (χ4v) is 4.96. The summed E-state index contributed by atoms with van der Waals surface area (Å²) in [6.07, 6.45) is 0. The summed E-state index contributed by atoms with van der Waals surface area (Å²) in [6.45, 7) is 3.32. The van der Waals surface area contributed by atoms with E-state index in [1.165, 1.54) is 11.3 Å². The highest BCUT2D eigenvalue weighted by molar-refractivity contribution is 7.16. The first-order valence-electron chi connectivity index (χ1n) is 10.9. The Morgan fingerprint density at radius 1 is 1.03 bits per heavy atom. The normalized spacial score (nSPS) is 12.1. The number of aromatic nitrogens is 2. The maximum Gasteiger partial charge on any atom is 0.311 e. The molecule has 0 aliphatic heterocycles. The highest BCUT2D eigenvalue weighted by Gasteiger charge is 2.26. The summed E-state index contributed by atoms with van der Waals surface area (Å²) in [4.78, 5) is 34.1. The first-order chi connectivity index (χ1) is 17.3. The van der Waals surface area contributed by atoms with Gasteiger partial charge in [-0.05, 0) is 26.0 Å². The van der Waals surface area contributed by atoms with Crippen molar-refractivity contribution in [2.75, 3.05) is 10.7 Å². The van der Waals surface area contributed by atoms with Crippen LogP contribution in [-0.2, 0) is 9.59 Å². The molecule has 0 spiro atoms. The second-order valence-corrected chi connectivity index (χ2v) is 9.63. The molecular weight excluding hydrogens is 496 g/mol. The van der Waals surface area contributed by atoms with Crippen LogP contribution in [0.15, 0.2) is 71.1 Å². The van der Waals surface area contributed by atoms with Crippen LogP contribution in [0.3, 0.4) is 0 Å². The largest absolute Gasteiger partial charge is 0.481 e.